The standard InChI is InChI=1S/C9H22N2O2S2/c1-4-9(8-14-3)11(2)15(12,13)7-5-6-10/h9H,4-8,10H2,1-3H3. The lowest BCUT2D eigenvalue weighted by Gasteiger charge is -2.25. The quantitative estimate of drug-likeness (QED) is 0.694. The average molecular weight is 254 g/mol. The van der Waals surface area contributed by atoms with E-state index in [4.69, 9.17) is 5.73 Å². The highest BCUT2D eigenvalue weighted by molar-refractivity contribution is 7.98. The first-order chi connectivity index (χ1) is 6.99. The highest BCUT2D eigenvalue weighted by Crippen LogP contribution is 2.13. The van der Waals surface area contributed by atoms with Crippen LogP contribution in [0.5, 0.6) is 0 Å². The highest BCUT2D eigenvalue weighted by atomic mass is 32.2. The third-order valence-electron chi connectivity index (χ3n) is 2.39. The van der Waals surface area contributed by atoms with Crippen LogP contribution < -0.4 is 5.73 Å². The first-order valence-electron chi connectivity index (χ1n) is 5.14. The smallest absolute Gasteiger partial charge is 0.214 e. The van der Waals surface area contributed by atoms with E-state index in [1.807, 2.05) is 13.2 Å². The lowest BCUT2D eigenvalue weighted by atomic mass is 10.3. The Kier molecular flexibility index (Phi) is 7.60. The van der Waals surface area contributed by atoms with Crippen LogP contribution in [0.25, 0.3) is 0 Å². The second-order valence-corrected chi connectivity index (χ2v) is 6.55. The zero-order valence-corrected chi connectivity index (χ0v) is 11.4. The second kappa shape index (κ2) is 7.49. The Morgan fingerprint density at radius 1 is 1.47 bits per heavy atom. The van der Waals surface area contributed by atoms with E-state index in [2.05, 4.69) is 0 Å². The molecule has 6 heteroatoms. The van der Waals surface area contributed by atoms with Crippen LogP contribution in [0.4, 0.5) is 0 Å². The predicted octanol–water partition coefficient (Wildman–Crippen LogP) is 0.738. The summed E-state index contributed by atoms with van der Waals surface area (Å²) in [5, 5.41) is 0. The maximum Gasteiger partial charge on any atom is 0.214 e. The molecular formula is C9H22N2O2S2. The molecule has 1 atom stereocenters. The van der Waals surface area contributed by atoms with E-state index < -0.39 is 10.0 Å². The normalized spacial score (nSPS) is 14.5. The van der Waals surface area contributed by atoms with Gasteiger partial charge in [0.05, 0.1) is 5.75 Å². The lowest BCUT2D eigenvalue weighted by Crippen LogP contribution is -2.39. The third kappa shape index (κ3) is 5.19. The molecule has 0 aromatic heterocycles. The SMILES string of the molecule is CCC(CSC)N(C)S(=O)(=O)CCCN. The van der Waals surface area contributed by atoms with Crippen LogP contribution in [-0.4, -0.2) is 50.1 Å². The van der Waals surface area contributed by atoms with Crippen molar-refractivity contribution >= 4 is 21.8 Å². The van der Waals surface area contributed by atoms with Crippen molar-refractivity contribution < 1.29 is 8.42 Å². The molecule has 0 aliphatic rings. The summed E-state index contributed by atoms with van der Waals surface area (Å²) in [6.07, 6.45) is 3.37. The van der Waals surface area contributed by atoms with Gasteiger partial charge in [0.1, 0.15) is 0 Å². The van der Waals surface area contributed by atoms with Crippen molar-refractivity contribution in [3.05, 3.63) is 0 Å². The molecule has 0 spiro atoms. The van der Waals surface area contributed by atoms with Gasteiger partial charge < -0.3 is 5.73 Å². The summed E-state index contributed by atoms with van der Waals surface area (Å²) in [7, 11) is -1.45. The number of nitrogens with two attached hydrogens (primary N) is 1. The summed E-state index contributed by atoms with van der Waals surface area (Å²) < 4.78 is 25.2. The number of rotatable bonds is 8. The van der Waals surface area contributed by atoms with Crippen LogP contribution in [0.1, 0.15) is 19.8 Å². The van der Waals surface area contributed by atoms with E-state index in [0.717, 1.165) is 12.2 Å². The van der Waals surface area contributed by atoms with Crippen LogP contribution in [-0.2, 0) is 10.0 Å². The van der Waals surface area contributed by atoms with Gasteiger partial charge in [-0.1, -0.05) is 6.92 Å². The van der Waals surface area contributed by atoms with E-state index in [1.54, 1.807) is 18.8 Å². The molecule has 15 heavy (non-hydrogen) atoms. The minimum Gasteiger partial charge on any atom is -0.330 e. The lowest BCUT2D eigenvalue weighted by molar-refractivity contribution is 0.385. The Morgan fingerprint density at radius 3 is 2.47 bits per heavy atom. The molecule has 0 amide bonds. The Morgan fingerprint density at radius 2 is 2.07 bits per heavy atom. The van der Waals surface area contributed by atoms with E-state index in [0.29, 0.717) is 13.0 Å². The Bertz CT molecular complexity index is 255. The van der Waals surface area contributed by atoms with Gasteiger partial charge in [-0.2, -0.15) is 11.8 Å². The number of hydrogen-bond acceptors (Lipinski definition) is 4. The molecule has 1 unspecified atom stereocenters. The molecule has 4 nitrogen and oxygen atoms in total. The van der Waals surface area contributed by atoms with Crippen LogP contribution in [0.15, 0.2) is 0 Å². The first kappa shape index (κ1) is 15.2. The number of thioether (sulfide) groups is 1. The molecule has 2 N–H and O–H groups in total. The zero-order valence-electron chi connectivity index (χ0n) is 9.77. The zero-order chi connectivity index (χ0) is 11.9. The maximum absolute atomic E-state index is 11.8. The average Bonchev–Trinajstić information content (AvgIpc) is 2.22. The highest BCUT2D eigenvalue weighted by Gasteiger charge is 2.23. The summed E-state index contributed by atoms with van der Waals surface area (Å²) in [5.74, 6) is 1.000. The first-order valence-corrected chi connectivity index (χ1v) is 8.14. The molecule has 0 bridgehead atoms. The van der Waals surface area contributed by atoms with Gasteiger partial charge in [0.25, 0.3) is 0 Å². The van der Waals surface area contributed by atoms with Crippen LogP contribution in [0.3, 0.4) is 0 Å². The molecule has 0 saturated heterocycles. The topological polar surface area (TPSA) is 63.4 Å². The number of hydrogen-bond donors (Lipinski definition) is 1. The van der Waals surface area contributed by atoms with Gasteiger partial charge >= 0.3 is 0 Å². The monoisotopic (exact) mass is 254 g/mol. The fourth-order valence-corrected chi connectivity index (χ4v) is 3.74. The van der Waals surface area contributed by atoms with Crippen LogP contribution in [0, 0.1) is 0 Å². The molecule has 0 radical (unpaired) electrons. The van der Waals surface area contributed by atoms with Gasteiger partial charge in [-0.3, -0.25) is 0 Å². The van der Waals surface area contributed by atoms with Gasteiger partial charge in [-0.25, -0.2) is 12.7 Å². The minimum atomic E-state index is -3.12. The Labute approximate surface area is 97.6 Å². The maximum atomic E-state index is 11.8. The summed E-state index contributed by atoms with van der Waals surface area (Å²) in [6.45, 7) is 2.43. The van der Waals surface area contributed by atoms with Gasteiger partial charge in [-0.15, -0.1) is 0 Å². The molecule has 0 aromatic rings. The summed E-state index contributed by atoms with van der Waals surface area (Å²) in [5.41, 5.74) is 5.32. The van der Waals surface area contributed by atoms with E-state index in [-0.39, 0.29) is 11.8 Å². The second-order valence-electron chi connectivity index (χ2n) is 3.49. The van der Waals surface area contributed by atoms with Crippen molar-refractivity contribution in [3.8, 4) is 0 Å². The summed E-state index contributed by atoms with van der Waals surface area (Å²) >= 11 is 1.67. The van der Waals surface area contributed by atoms with Gasteiger partial charge in [-0.05, 0) is 25.6 Å². The van der Waals surface area contributed by atoms with Crippen LogP contribution in [0.2, 0.25) is 0 Å². The van der Waals surface area contributed by atoms with Crippen molar-refractivity contribution in [2.24, 2.45) is 5.73 Å². The van der Waals surface area contributed by atoms with E-state index >= 15 is 0 Å². The largest absolute Gasteiger partial charge is 0.330 e. The molecule has 0 rings (SSSR count). The number of nitrogens with zero attached hydrogens (tertiary/aromatic N) is 1. The number of sulfonamides is 1. The van der Waals surface area contributed by atoms with Gasteiger partial charge in [0, 0.05) is 18.8 Å². The third-order valence-corrected chi connectivity index (χ3v) is 5.09. The van der Waals surface area contributed by atoms with E-state index in [1.165, 1.54) is 4.31 Å². The molecule has 0 fully saturated rings. The van der Waals surface area contributed by atoms with E-state index in [9.17, 15) is 8.42 Å². The van der Waals surface area contributed by atoms with Crippen molar-refractivity contribution in [3.63, 3.8) is 0 Å². The van der Waals surface area contributed by atoms with Gasteiger partial charge in [0.15, 0.2) is 0 Å². The van der Waals surface area contributed by atoms with Crippen molar-refractivity contribution in [1.82, 2.24) is 4.31 Å². The van der Waals surface area contributed by atoms with Crippen LogP contribution >= 0.6 is 11.8 Å². The Balaban J connectivity index is 4.43. The molecule has 0 aromatic carbocycles. The molecule has 0 saturated carbocycles. The fourth-order valence-electron chi connectivity index (χ4n) is 1.31. The predicted molar refractivity (Wildman–Crippen MR) is 67.7 cm³/mol. The summed E-state index contributed by atoms with van der Waals surface area (Å²) in [4.78, 5) is 0. The molecule has 0 aliphatic carbocycles. The molecule has 0 aliphatic heterocycles. The molecule has 0 heterocycles. The fraction of sp³-hybridized carbons (Fsp3) is 1.00. The van der Waals surface area contributed by atoms with Crippen molar-refractivity contribution in [1.29, 1.82) is 0 Å². The summed E-state index contributed by atoms with van der Waals surface area (Å²) in [6, 6.07) is 0.0998. The Hall–Kier alpha value is 0.220. The van der Waals surface area contributed by atoms with Crippen molar-refractivity contribution in [2.45, 2.75) is 25.8 Å². The van der Waals surface area contributed by atoms with Crippen molar-refractivity contribution in [2.75, 3.05) is 31.4 Å². The van der Waals surface area contributed by atoms with Gasteiger partial charge in [0.2, 0.25) is 10.0 Å². The molecular weight excluding hydrogens is 232 g/mol. The minimum absolute atomic E-state index is 0.0998. The molecule has 92 valence electrons.